The minimum absolute atomic E-state index is 0.0199. The Labute approximate surface area is 182 Å². The molecule has 31 heavy (non-hydrogen) atoms. The normalized spacial score (nSPS) is 18.4. The van der Waals surface area contributed by atoms with Crippen molar-refractivity contribution < 1.29 is 14.3 Å². The van der Waals surface area contributed by atoms with Crippen molar-refractivity contribution in [2.24, 2.45) is 0 Å². The number of amides is 2. The van der Waals surface area contributed by atoms with Gasteiger partial charge in [0.05, 0.1) is 11.3 Å². The van der Waals surface area contributed by atoms with Crippen LogP contribution in [0.15, 0.2) is 54.2 Å². The van der Waals surface area contributed by atoms with Gasteiger partial charge in [-0.2, -0.15) is 0 Å². The van der Waals surface area contributed by atoms with E-state index in [0.717, 1.165) is 28.2 Å². The van der Waals surface area contributed by atoms with Gasteiger partial charge in [0.1, 0.15) is 6.61 Å². The van der Waals surface area contributed by atoms with Crippen LogP contribution >= 0.6 is 0 Å². The average Bonchev–Trinajstić information content (AvgIpc) is 2.93. The molecule has 2 aliphatic rings. The minimum Gasteiger partial charge on any atom is -0.445 e. The second-order valence-corrected chi connectivity index (χ2v) is 8.02. The first-order valence-electron chi connectivity index (χ1n) is 10.5. The Bertz CT molecular complexity index is 1020. The molecule has 2 amide bonds. The highest BCUT2D eigenvalue weighted by Crippen LogP contribution is 2.39. The van der Waals surface area contributed by atoms with Gasteiger partial charge in [-0.3, -0.25) is 4.79 Å². The Morgan fingerprint density at radius 1 is 1.13 bits per heavy atom. The summed E-state index contributed by atoms with van der Waals surface area (Å²) in [4.78, 5) is 31.0. The number of fused-ring (bicyclic) bond motifs is 1. The summed E-state index contributed by atoms with van der Waals surface area (Å²) in [6.07, 6.45) is 0.239. The van der Waals surface area contributed by atoms with Gasteiger partial charge in [-0.25, -0.2) is 4.79 Å². The molecule has 0 saturated carbocycles. The first kappa shape index (κ1) is 20.8. The van der Waals surface area contributed by atoms with E-state index in [0.29, 0.717) is 31.6 Å². The van der Waals surface area contributed by atoms with Gasteiger partial charge >= 0.3 is 6.09 Å². The van der Waals surface area contributed by atoms with Crippen LogP contribution in [0, 0.1) is 0 Å². The lowest BCUT2D eigenvalue weighted by Gasteiger charge is -2.19. The molecule has 0 unspecified atom stereocenters. The lowest BCUT2D eigenvalue weighted by atomic mass is 10.0. The summed E-state index contributed by atoms with van der Waals surface area (Å²) in [5.41, 5.74) is 5.41. The summed E-state index contributed by atoms with van der Waals surface area (Å²) in [6, 6.07) is 15.7. The molecular formula is C24H28N4O3. The van der Waals surface area contributed by atoms with Crippen LogP contribution < -0.4 is 15.1 Å². The maximum Gasteiger partial charge on any atom is 0.410 e. The van der Waals surface area contributed by atoms with Gasteiger partial charge < -0.3 is 24.8 Å². The van der Waals surface area contributed by atoms with Gasteiger partial charge in [-0.1, -0.05) is 30.3 Å². The molecule has 4 rings (SSSR count). The summed E-state index contributed by atoms with van der Waals surface area (Å²) in [6.45, 7) is 1.85. The van der Waals surface area contributed by atoms with E-state index in [1.807, 2.05) is 61.5 Å². The molecule has 0 aromatic heterocycles. The Morgan fingerprint density at radius 2 is 1.90 bits per heavy atom. The molecular weight excluding hydrogens is 392 g/mol. The molecule has 7 heteroatoms. The molecule has 2 aromatic rings. The average molecular weight is 421 g/mol. The van der Waals surface area contributed by atoms with Gasteiger partial charge in [-0.15, -0.1) is 0 Å². The van der Waals surface area contributed by atoms with Crippen LogP contribution in [0.5, 0.6) is 0 Å². The summed E-state index contributed by atoms with van der Waals surface area (Å²) in [5.74, 6) is -0.0199. The lowest BCUT2D eigenvalue weighted by molar-refractivity contribution is -0.112. The number of carbonyl (C=O) groups excluding carboxylic acids is 2. The highest BCUT2D eigenvalue weighted by Gasteiger charge is 2.33. The molecule has 0 spiro atoms. The summed E-state index contributed by atoms with van der Waals surface area (Å²) in [5, 5.41) is 3.39. The van der Waals surface area contributed by atoms with Crippen LogP contribution in [0.4, 0.5) is 16.2 Å². The number of anilines is 2. The largest absolute Gasteiger partial charge is 0.445 e. The molecule has 162 valence electrons. The lowest BCUT2D eigenvalue weighted by Crippen LogP contribution is -2.34. The van der Waals surface area contributed by atoms with Crippen LogP contribution in [-0.4, -0.2) is 57.7 Å². The van der Waals surface area contributed by atoms with Gasteiger partial charge in [0.15, 0.2) is 0 Å². The number of carbonyl (C=O) groups is 2. The molecule has 2 heterocycles. The zero-order valence-electron chi connectivity index (χ0n) is 18.2. The Hall–Kier alpha value is -3.48. The van der Waals surface area contributed by atoms with Crippen LogP contribution in [0.2, 0.25) is 0 Å². The number of benzene rings is 2. The van der Waals surface area contributed by atoms with Crippen molar-refractivity contribution in [2.45, 2.75) is 13.0 Å². The number of hydrogen-bond donors (Lipinski definition) is 1. The third kappa shape index (κ3) is 4.21. The van der Waals surface area contributed by atoms with Crippen LogP contribution in [0.3, 0.4) is 0 Å². The van der Waals surface area contributed by atoms with Crippen LogP contribution in [-0.2, 0) is 16.1 Å². The number of likely N-dealkylation sites (N-methyl/N-ethyl adjacent to an activating group) is 1. The van der Waals surface area contributed by atoms with Crippen molar-refractivity contribution in [1.29, 1.82) is 0 Å². The van der Waals surface area contributed by atoms with E-state index in [4.69, 9.17) is 4.74 Å². The van der Waals surface area contributed by atoms with Crippen molar-refractivity contribution in [3.63, 3.8) is 0 Å². The van der Waals surface area contributed by atoms with Crippen molar-refractivity contribution >= 4 is 28.9 Å². The van der Waals surface area contributed by atoms with Crippen LogP contribution in [0.25, 0.3) is 5.57 Å². The van der Waals surface area contributed by atoms with Gasteiger partial charge in [0, 0.05) is 64.1 Å². The predicted octanol–water partition coefficient (Wildman–Crippen LogP) is 3.07. The Kier molecular flexibility index (Phi) is 5.84. The molecule has 0 radical (unpaired) electrons. The highest BCUT2D eigenvalue weighted by molar-refractivity contribution is 6.33. The Balaban J connectivity index is 1.51. The molecule has 7 nitrogen and oxygen atoms in total. The molecule has 1 fully saturated rings. The fourth-order valence-corrected chi connectivity index (χ4v) is 3.97. The zero-order valence-corrected chi connectivity index (χ0v) is 18.2. The highest BCUT2D eigenvalue weighted by atomic mass is 16.6. The second kappa shape index (κ2) is 8.71. The third-order valence-electron chi connectivity index (χ3n) is 5.76. The van der Waals surface area contributed by atoms with Crippen LogP contribution in [0.1, 0.15) is 17.5 Å². The number of rotatable bonds is 3. The quantitative estimate of drug-likeness (QED) is 0.773. The van der Waals surface area contributed by atoms with Crippen molar-refractivity contribution in [3.05, 3.63) is 65.4 Å². The van der Waals surface area contributed by atoms with E-state index in [9.17, 15) is 9.59 Å². The molecule has 2 aromatic carbocycles. The topological polar surface area (TPSA) is 65.1 Å². The first-order valence-corrected chi connectivity index (χ1v) is 10.5. The van der Waals surface area contributed by atoms with Crippen molar-refractivity contribution in [2.75, 3.05) is 50.6 Å². The second-order valence-electron chi connectivity index (χ2n) is 8.02. The summed E-state index contributed by atoms with van der Waals surface area (Å²) >= 11 is 0. The maximum atomic E-state index is 13.0. The fraction of sp³-hybridized carbons (Fsp3) is 0.333. The zero-order chi connectivity index (χ0) is 22.0. The van der Waals surface area contributed by atoms with Gasteiger partial charge in [0.25, 0.3) is 5.91 Å². The number of hydrogen-bond acceptors (Lipinski definition) is 5. The van der Waals surface area contributed by atoms with E-state index >= 15 is 0 Å². The molecule has 2 aliphatic heterocycles. The Morgan fingerprint density at radius 3 is 2.65 bits per heavy atom. The van der Waals surface area contributed by atoms with Crippen molar-refractivity contribution in [3.8, 4) is 0 Å². The van der Waals surface area contributed by atoms with E-state index in [1.165, 1.54) is 0 Å². The van der Waals surface area contributed by atoms with E-state index in [1.54, 1.807) is 16.8 Å². The number of nitrogens with zero attached hydrogens (tertiary/aromatic N) is 3. The first-order chi connectivity index (χ1) is 15.0. The smallest absolute Gasteiger partial charge is 0.410 e. The van der Waals surface area contributed by atoms with E-state index in [2.05, 4.69) is 11.4 Å². The molecule has 0 aliphatic carbocycles. The van der Waals surface area contributed by atoms with E-state index in [-0.39, 0.29) is 18.6 Å². The molecule has 1 saturated heterocycles. The van der Waals surface area contributed by atoms with Crippen molar-refractivity contribution in [1.82, 2.24) is 10.2 Å². The number of ether oxygens (including phenoxy) is 1. The van der Waals surface area contributed by atoms with Gasteiger partial charge in [0.2, 0.25) is 0 Å². The SMILES string of the molecule is CN(C)c1ccc2c(c1)/C(=C1\CCN(C(=O)OCc3ccccc3)CCN1)C(=O)N2C. The minimum atomic E-state index is -0.331. The summed E-state index contributed by atoms with van der Waals surface area (Å²) < 4.78 is 5.48. The summed E-state index contributed by atoms with van der Waals surface area (Å²) in [7, 11) is 5.77. The third-order valence-corrected chi connectivity index (χ3v) is 5.76. The molecule has 1 N–H and O–H groups in total. The fourth-order valence-electron chi connectivity index (χ4n) is 3.97. The molecule has 0 atom stereocenters. The maximum absolute atomic E-state index is 13.0. The van der Waals surface area contributed by atoms with E-state index < -0.39 is 0 Å². The molecule has 0 bridgehead atoms. The number of nitrogens with one attached hydrogen (secondary N) is 1. The predicted molar refractivity (Wildman–Crippen MR) is 122 cm³/mol. The van der Waals surface area contributed by atoms with Gasteiger partial charge in [-0.05, 0) is 23.8 Å². The standard InChI is InChI=1S/C24H28N4O3/c1-26(2)18-9-10-21-19(15-18)22(23(29)27(21)3)20-11-13-28(14-12-25-20)24(30)31-16-17-7-5-4-6-8-17/h4-10,15,25H,11-14,16H2,1-3H3/b22-20-. The monoisotopic (exact) mass is 420 g/mol.